The molecule has 0 spiro atoms. The van der Waals surface area contributed by atoms with Crippen LogP contribution in [0.25, 0.3) is 0 Å². The molecule has 0 radical (unpaired) electrons. The molecule has 2 nitrogen and oxygen atoms in total. The van der Waals surface area contributed by atoms with Crippen LogP contribution < -0.4 is 0 Å². The first-order valence-corrected chi connectivity index (χ1v) is 9.80. The number of aliphatic carboxylic acids is 1. The van der Waals surface area contributed by atoms with Crippen molar-refractivity contribution in [1.29, 1.82) is 0 Å². The van der Waals surface area contributed by atoms with Crippen LogP contribution in [0.1, 0.15) is 53.9 Å². The highest BCUT2D eigenvalue weighted by Gasteiger charge is 2.46. The Balaban J connectivity index is 1.81. The highest BCUT2D eigenvalue weighted by Crippen LogP contribution is 2.55. The van der Waals surface area contributed by atoms with E-state index in [1.54, 1.807) is 0 Å². The average Bonchev–Trinajstić information content (AvgIpc) is 2.59. The summed E-state index contributed by atoms with van der Waals surface area (Å²) in [5, 5.41) is 9.11. The Morgan fingerprint density at radius 2 is 1.73 bits per heavy atom. The van der Waals surface area contributed by atoms with E-state index in [1.165, 1.54) is 24.0 Å². The first-order chi connectivity index (χ1) is 12.1. The van der Waals surface area contributed by atoms with Crippen molar-refractivity contribution in [2.45, 2.75) is 53.9 Å². The third-order valence-corrected chi connectivity index (χ3v) is 6.73. The van der Waals surface area contributed by atoms with Crippen LogP contribution in [-0.2, 0) is 4.79 Å². The lowest BCUT2D eigenvalue weighted by atomic mass is 9.53. The zero-order valence-corrected chi connectivity index (χ0v) is 16.8. The Morgan fingerprint density at radius 1 is 1.08 bits per heavy atom. The van der Waals surface area contributed by atoms with E-state index in [4.69, 9.17) is 5.11 Å². The first-order valence-electron chi connectivity index (χ1n) is 9.80. The van der Waals surface area contributed by atoms with Crippen LogP contribution in [0, 0.1) is 28.6 Å². The molecular weight excluding hydrogens is 320 g/mol. The summed E-state index contributed by atoms with van der Waals surface area (Å²) in [5.74, 6) is 0.0482. The Labute approximate surface area is 158 Å². The van der Waals surface area contributed by atoms with Crippen molar-refractivity contribution in [3.8, 4) is 0 Å². The fourth-order valence-corrected chi connectivity index (χ4v) is 4.66. The highest BCUT2D eigenvalue weighted by molar-refractivity contribution is 5.73. The molecule has 3 rings (SSSR count). The second kappa shape index (κ2) is 6.72. The normalized spacial score (nSPS) is 32.5. The van der Waals surface area contributed by atoms with Crippen LogP contribution in [0.3, 0.4) is 0 Å². The summed E-state index contributed by atoms with van der Waals surface area (Å²) < 4.78 is 0. The van der Waals surface area contributed by atoms with Crippen molar-refractivity contribution < 1.29 is 9.90 Å². The minimum atomic E-state index is -0.746. The molecule has 0 aromatic carbocycles. The molecular formula is C24H32O2. The zero-order chi connectivity index (χ0) is 19.1. The summed E-state index contributed by atoms with van der Waals surface area (Å²) in [6, 6.07) is 0. The lowest BCUT2D eigenvalue weighted by Gasteiger charge is -2.51. The van der Waals surface area contributed by atoms with Crippen molar-refractivity contribution in [2.24, 2.45) is 28.6 Å². The van der Waals surface area contributed by atoms with Crippen LogP contribution in [0.5, 0.6) is 0 Å². The standard InChI is InChI=1S/C24H32O2/c1-16(18-7-9-19(10-8-18)22(25)26)14-17-6-11-20-21(15-17)24(4,5)13-12-23(20,2)3/h6-9,11,14-15,19-21H,10,12-13H2,1-5H3,(H,25,26)/b16-14-. The number of hydrogen-bond acceptors (Lipinski definition) is 1. The maximum absolute atomic E-state index is 11.1. The lowest BCUT2D eigenvalue weighted by molar-refractivity contribution is -0.139. The SMILES string of the molecule is C/C(=C/C1=CC2C(C=C1)C(C)(C)CCC2(C)C)C1=CCC(C(=O)O)C=C1. The predicted molar refractivity (Wildman–Crippen MR) is 108 cm³/mol. The highest BCUT2D eigenvalue weighted by atomic mass is 16.4. The molecule has 2 heteroatoms. The van der Waals surface area contributed by atoms with Gasteiger partial charge in [0.15, 0.2) is 0 Å². The maximum atomic E-state index is 11.1. The van der Waals surface area contributed by atoms with Gasteiger partial charge in [-0.3, -0.25) is 4.79 Å². The van der Waals surface area contributed by atoms with Crippen LogP contribution in [-0.4, -0.2) is 11.1 Å². The Morgan fingerprint density at radius 3 is 2.31 bits per heavy atom. The number of hydrogen-bond donors (Lipinski definition) is 1. The molecule has 0 aromatic heterocycles. The van der Waals surface area contributed by atoms with Gasteiger partial charge in [0.2, 0.25) is 0 Å². The number of carbonyl (C=O) groups is 1. The van der Waals surface area contributed by atoms with Crippen LogP contribution in [0.2, 0.25) is 0 Å². The van der Waals surface area contributed by atoms with Crippen LogP contribution >= 0.6 is 0 Å². The van der Waals surface area contributed by atoms with Gasteiger partial charge >= 0.3 is 5.97 Å². The van der Waals surface area contributed by atoms with E-state index in [2.05, 4.69) is 58.9 Å². The van der Waals surface area contributed by atoms with Gasteiger partial charge in [-0.25, -0.2) is 0 Å². The van der Waals surface area contributed by atoms with Gasteiger partial charge in [-0.05, 0) is 65.6 Å². The molecule has 0 amide bonds. The average molecular weight is 353 g/mol. The third-order valence-electron chi connectivity index (χ3n) is 6.73. The Bertz CT molecular complexity index is 740. The van der Waals surface area contributed by atoms with Gasteiger partial charge in [-0.2, -0.15) is 0 Å². The smallest absolute Gasteiger partial charge is 0.310 e. The van der Waals surface area contributed by atoms with Gasteiger partial charge < -0.3 is 5.11 Å². The number of carboxylic acid groups (broad SMARTS) is 1. The second-order valence-corrected chi connectivity index (χ2v) is 9.58. The van der Waals surface area contributed by atoms with E-state index >= 15 is 0 Å². The summed E-state index contributed by atoms with van der Waals surface area (Å²) >= 11 is 0. The van der Waals surface area contributed by atoms with Crippen molar-refractivity contribution in [1.82, 2.24) is 0 Å². The largest absolute Gasteiger partial charge is 0.481 e. The van der Waals surface area contributed by atoms with Gasteiger partial charge in [0.05, 0.1) is 5.92 Å². The molecule has 3 unspecified atom stereocenters. The predicted octanol–water partition coefficient (Wildman–Crippen LogP) is 6.09. The molecule has 0 heterocycles. The molecule has 1 saturated carbocycles. The summed E-state index contributed by atoms with van der Waals surface area (Å²) in [6.45, 7) is 11.7. The van der Waals surface area contributed by atoms with Gasteiger partial charge in [0, 0.05) is 0 Å². The molecule has 0 aromatic rings. The van der Waals surface area contributed by atoms with Crippen LogP contribution in [0.15, 0.2) is 59.3 Å². The van der Waals surface area contributed by atoms with E-state index in [1.807, 2.05) is 18.2 Å². The zero-order valence-electron chi connectivity index (χ0n) is 16.8. The second-order valence-electron chi connectivity index (χ2n) is 9.58. The van der Waals surface area contributed by atoms with E-state index in [-0.39, 0.29) is 5.92 Å². The number of carboxylic acids is 1. The Kier molecular flexibility index (Phi) is 4.90. The molecule has 26 heavy (non-hydrogen) atoms. The Hall–Kier alpha value is -1.83. The quantitative estimate of drug-likeness (QED) is 0.667. The van der Waals surface area contributed by atoms with Crippen LogP contribution in [0.4, 0.5) is 0 Å². The van der Waals surface area contributed by atoms with Gasteiger partial charge in [-0.15, -0.1) is 0 Å². The van der Waals surface area contributed by atoms with Gasteiger partial charge in [0.25, 0.3) is 0 Å². The molecule has 3 aliphatic carbocycles. The summed E-state index contributed by atoms with van der Waals surface area (Å²) in [7, 11) is 0. The number of fused-ring (bicyclic) bond motifs is 1. The van der Waals surface area contributed by atoms with Crippen molar-refractivity contribution in [3.63, 3.8) is 0 Å². The third kappa shape index (κ3) is 3.65. The molecule has 0 bridgehead atoms. The molecule has 1 N–H and O–H groups in total. The maximum Gasteiger partial charge on any atom is 0.310 e. The lowest BCUT2D eigenvalue weighted by Crippen LogP contribution is -2.43. The summed E-state index contributed by atoms with van der Waals surface area (Å²) in [4.78, 5) is 11.1. The monoisotopic (exact) mass is 352 g/mol. The van der Waals surface area contributed by atoms with Crippen molar-refractivity contribution >= 4 is 5.97 Å². The van der Waals surface area contributed by atoms with E-state index in [0.29, 0.717) is 29.1 Å². The fourth-order valence-electron chi connectivity index (χ4n) is 4.66. The molecule has 3 atom stereocenters. The minimum Gasteiger partial charge on any atom is -0.481 e. The van der Waals surface area contributed by atoms with Crippen molar-refractivity contribution in [2.75, 3.05) is 0 Å². The number of allylic oxidation sites excluding steroid dienone is 9. The van der Waals surface area contributed by atoms with E-state index in [9.17, 15) is 4.79 Å². The number of rotatable bonds is 3. The fraction of sp³-hybridized carbons (Fsp3) is 0.542. The molecule has 140 valence electrons. The first kappa shape index (κ1) is 18.9. The van der Waals surface area contributed by atoms with Gasteiger partial charge in [-0.1, -0.05) is 70.2 Å². The molecule has 0 saturated heterocycles. The van der Waals surface area contributed by atoms with Gasteiger partial charge in [0.1, 0.15) is 0 Å². The molecule has 0 aliphatic heterocycles. The van der Waals surface area contributed by atoms with Crippen molar-refractivity contribution in [3.05, 3.63) is 59.3 Å². The summed E-state index contributed by atoms with van der Waals surface area (Å²) in [6.07, 6.45) is 18.4. The summed E-state index contributed by atoms with van der Waals surface area (Å²) in [5.41, 5.74) is 4.31. The van der Waals surface area contributed by atoms with E-state index in [0.717, 1.165) is 5.57 Å². The topological polar surface area (TPSA) is 37.3 Å². The molecule has 3 aliphatic rings. The molecule has 1 fully saturated rings. The minimum absolute atomic E-state index is 0.330. The van der Waals surface area contributed by atoms with E-state index < -0.39 is 5.97 Å².